The Morgan fingerprint density at radius 2 is 2.12 bits per heavy atom. The predicted octanol–water partition coefficient (Wildman–Crippen LogP) is 4.62. The molecule has 120 valence electrons. The molecular weight excluding hydrogens is 327 g/mol. The quantitative estimate of drug-likeness (QED) is 0.591. The van der Waals surface area contributed by atoms with E-state index in [1.54, 1.807) is 6.20 Å². The second kappa shape index (κ2) is 5.05. The van der Waals surface area contributed by atoms with E-state index in [0.29, 0.717) is 16.2 Å². The number of aromatic nitrogens is 4. The molecule has 0 amide bonds. The van der Waals surface area contributed by atoms with Crippen LogP contribution in [0.2, 0.25) is 5.02 Å². The van der Waals surface area contributed by atoms with Gasteiger partial charge in [0.25, 0.3) is 0 Å². The Hall–Kier alpha value is -2.40. The van der Waals surface area contributed by atoms with E-state index in [4.69, 9.17) is 11.6 Å². The summed E-state index contributed by atoms with van der Waals surface area (Å²) in [6.45, 7) is 0. The highest BCUT2D eigenvalue weighted by atomic mass is 35.5. The molecule has 0 saturated heterocycles. The van der Waals surface area contributed by atoms with E-state index in [2.05, 4.69) is 15.2 Å². The van der Waals surface area contributed by atoms with Crippen LogP contribution in [0.25, 0.3) is 27.7 Å². The summed E-state index contributed by atoms with van der Waals surface area (Å²) in [6.07, 6.45) is 7.10. The Labute approximate surface area is 142 Å². The number of H-pyrrole nitrogens is 1. The first-order chi connectivity index (χ1) is 11.7. The molecule has 0 atom stereocenters. The Kier molecular flexibility index (Phi) is 2.94. The topological polar surface area (TPSA) is 46.0 Å². The lowest BCUT2D eigenvalue weighted by atomic mass is 10.0. The van der Waals surface area contributed by atoms with E-state index < -0.39 is 0 Å². The number of fused-ring (bicyclic) bond motifs is 2. The Morgan fingerprint density at radius 1 is 1.25 bits per heavy atom. The van der Waals surface area contributed by atoms with Crippen LogP contribution in [-0.2, 0) is 6.42 Å². The molecule has 24 heavy (non-hydrogen) atoms. The number of nitrogens with one attached hydrogen (secondary N) is 1. The minimum Gasteiger partial charge on any atom is -0.359 e. The number of aromatic amines is 1. The number of hydrogen-bond acceptors (Lipinski definition) is 2. The normalized spacial score (nSPS) is 14.8. The van der Waals surface area contributed by atoms with Crippen molar-refractivity contribution in [2.24, 2.45) is 5.92 Å². The largest absolute Gasteiger partial charge is 0.359 e. The van der Waals surface area contributed by atoms with Crippen molar-refractivity contribution >= 4 is 28.2 Å². The number of hydrogen-bond donors (Lipinski definition) is 1. The van der Waals surface area contributed by atoms with Gasteiger partial charge < -0.3 is 4.98 Å². The monoisotopic (exact) mass is 340 g/mol. The number of halogens is 2. The minimum atomic E-state index is -0.292. The number of benzene rings is 1. The van der Waals surface area contributed by atoms with Crippen molar-refractivity contribution in [1.82, 2.24) is 19.6 Å². The van der Waals surface area contributed by atoms with Crippen molar-refractivity contribution < 1.29 is 4.39 Å². The maximum absolute atomic E-state index is 14.3. The molecule has 1 aliphatic carbocycles. The zero-order chi connectivity index (χ0) is 16.3. The molecule has 0 spiro atoms. The fraction of sp³-hybridized carbons (Fsp3) is 0.222. The molecule has 3 aromatic heterocycles. The highest BCUT2D eigenvalue weighted by Crippen LogP contribution is 2.35. The fourth-order valence-corrected chi connectivity index (χ4v) is 3.50. The standard InChI is InChI=1S/C18H14ClFN4/c19-16-13(12-8-11-3-5-21-17(11)14(20)9-12)4-6-24-15(7-10-1-2-10)22-23-18(16)24/h3-6,8-10,21H,1-2,7H2. The lowest BCUT2D eigenvalue weighted by Gasteiger charge is -2.08. The van der Waals surface area contributed by atoms with Crippen molar-refractivity contribution in [3.8, 4) is 11.1 Å². The van der Waals surface area contributed by atoms with Gasteiger partial charge in [-0.1, -0.05) is 11.6 Å². The lowest BCUT2D eigenvalue weighted by Crippen LogP contribution is -1.97. The van der Waals surface area contributed by atoms with E-state index in [1.807, 2.05) is 28.8 Å². The van der Waals surface area contributed by atoms with Crippen molar-refractivity contribution in [3.05, 3.63) is 53.3 Å². The van der Waals surface area contributed by atoms with Crippen LogP contribution in [0.15, 0.2) is 36.7 Å². The van der Waals surface area contributed by atoms with Gasteiger partial charge in [0.15, 0.2) is 5.65 Å². The van der Waals surface area contributed by atoms with Gasteiger partial charge in [0, 0.05) is 29.8 Å². The molecule has 3 heterocycles. The van der Waals surface area contributed by atoms with Gasteiger partial charge in [0.05, 0.1) is 10.5 Å². The van der Waals surface area contributed by atoms with Crippen LogP contribution in [0.3, 0.4) is 0 Å². The van der Waals surface area contributed by atoms with Crippen LogP contribution < -0.4 is 0 Å². The predicted molar refractivity (Wildman–Crippen MR) is 91.7 cm³/mol. The molecule has 1 aliphatic rings. The van der Waals surface area contributed by atoms with Gasteiger partial charge >= 0.3 is 0 Å². The second-order valence-corrected chi connectivity index (χ2v) is 6.78. The number of rotatable bonds is 3. The molecule has 0 aliphatic heterocycles. The maximum atomic E-state index is 14.3. The van der Waals surface area contributed by atoms with Crippen LogP contribution in [0.4, 0.5) is 4.39 Å². The first kappa shape index (κ1) is 14.0. The van der Waals surface area contributed by atoms with Crippen molar-refractivity contribution in [1.29, 1.82) is 0 Å². The third kappa shape index (κ3) is 2.12. The average molecular weight is 341 g/mol. The number of pyridine rings is 1. The summed E-state index contributed by atoms with van der Waals surface area (Å²) in [7, 11) is 0. The SMILES string of the molecule is Fc1cc(-c2ccn3c(CC4CC4)nnc3c2Cl)cc2cc[nH]c12. The fourth-order valence-electron chi connectivity index (χ4n) is 3.20. The van der Waals surface area contributed by atoms with Crippen LogP contribution in [-0.4, -0.2) is 19.6 Å². The van der Waals surface area contributed by atoms with Crippen LogP contribution >= 0.6 is 11.6 Å². The first-order valence-corrected chi connectivity index (χ1v) is 8.37. The Bertz CT molecular complexity index is 1080. The number of nitrogens with zero attached hydrogens (tertiary/aromatic N) is 3. The molecule has 1 aromatic carbocycles. The van der Waals surface area contributed by atoms with Crippen LogP contribution in [0, 0.1) is 11.7 Å². The lowest BCUT2D eigenvalue weighted by molar-refractivity contribution is 0.638. The van der Waals surface area contributed by atoms with Gasteiger partial charge in [0.1, 0.15) is 11.6 Å². The molecule has 4 nitrogen and oxygen atoms in total. The van der Waals surface area contributed by atoms with Gasteiger partial charge in [-0.2, -0.15) is 0 Å². The van der Waals surface area contributed by atoms with Crippen LogP contribution in [0.5, 0.6) is 0 Å². The summed E-state index contributed by atoms with van der Waals surface area (Å²) in [5, 5.41) is 9.84. The molecule has 4 aromatic rings. The van der Waals surface area contributed by atoms with E-state index in [0.717, 1.165) is 34.7 Å². The summed E-state index contributed by atoms with van der Waals surface area (Å²) < 4.78 is 16.2. The molecule has 6 heteroatoms. The molecule has 0 radical (unpaired) electrons. The molecule has 1 N–H and O–H groups in total. The third-order valence-electron chi connectivity index (χ3n) is 4.68. The van der Waals surface area contributed by atoms with Gasteiger partial charge in [-0.3, -0.25) is 4.40 Å². The summed E-state index contributed by atoms with van der Waals surface area (Å²) in [4.78, 5) is 2.90. The molecular formula is C18H14ClFN4. The third-order valence-corrected chi connectivity index (χ3v) is 5.05. The van der Waals surface area contributed by atoms with E-state index in [9.17, 15) is 4.39 Å². The van der Waals surface area contributed by atoms with E-state index in [-0.39, 0.29) is 5.82 Å². The van der Waals surface area contributed by atoms with Crippen molar-refractivity contribution in [2.75, 3.05) is 0 Å². The summed E-state index contributed by atoms with van der Waals surface area (Å²) in [5.74, 6) is 1.37. The van der Waals surface area contributed by atoms with Gasteiger partial charge in [-0.05, 0) is 48.6 Å². The zero-order valence-corrected chi connectivity index (χ0v) is 13.5. The molecule has 1 saturated carbocycles. The zero-order valence-electron chi connectivity index (χ0n) is 12.8. The minimum absolute atomic E-state index is 0.292. The summed E-state index contributed by atoms with van der Waals surface area (Å²) in [5.41, 5.74) is 2.62. The van der Waals surface area contributed by atoms with E-state index >= 15 is 0 Å². The second-order valence-electron chi connectivity index (χ2n) is 6.40. The van der Waals surface area contributed by atoms with Crippen molar-refractivity contribution in [3.63, 3.8) is 0 Å². The summed E-state index contributed by atoms with van der Waals surface area (Å²) in [6, 6.07) is 7.17. The average Bonchev–Trinajstić information content (AvgIpc) is 3.08. The molecule has 0 unspecified atom stereocenters. The van der Waals surface area contributed by atoms with E-state index in [1.165, 1.54) is 18.9 Å². The molecule has 1 fully saturated rings. The van der Waals surface area contributed by atoms with Gasteiger partial charge in [-0.25, -0.2) is 4.39 Å². The molecule has 0 bridgehead atoms. The van der Waals surface area contributed by atoms with Gasteiger partial charge in [0.2, 0.25) is 0 Å². The smallest absolute Gasteiger partial charge is 0.180 e. The van der Waals surface area contributed by atoms with Crippen molar-refractivity contribution in [2.45, 2.75) is 19.3 Å². The Balaban J connectivity index is 1.66. The maximum Gasteiger partial charge on any atom is 0.180 e. The van der Waals surface area contributed by atoms with Gasteiger partial charge in [-0.15, -0.1) is 10.2 Å². The first-order valence-electron chi connectivity index (χ1n) is 8.00. The highest BCUT2D eigenvalue weighted by molar-refractivity contribution is 6.36. The Morgan fingerprint density at radius 3 is 2.96 bits per heavy atom. The van der Waals surface area contributed by atoms with Crippen LogP contribution in [0.1, 0.15) is 18.7 Å². The summed E-state index contributed by atoms with van der Waals surface area (Å²) >= 11 is 6.57. The molecule has 5 rings (SSSR count). The highest BCUT2D eigenvalue weighted by Gasteiger charge is 2.24.